The minimum absolute atomic E-state index is 0. The van der Waals surface area contributed by atoms with Gasteiger partial charge in [0.15, 0.2) is 0 Å². The Kier molecular flexibility index (Phi) is 10.0. The molecule has 4 heterocycles. The van der Waals surface area contributed by atoms with Gasteiger partial charge in [-0.2, -0.15) is 0 Å². The van der Waals surface area contributed by atoms with Crippen LogP contribution in [0.25, 0.3) is 0 Å². The highest BCUT2D eigenvalue weighted by Gasteiger charge is 2.46. The van der Waals surface area contributed by atoms with Crippen LogP contribution in [0.15, 0.2) is 0 Å². The summed E-state index contributed by atoms with van der Waals surface area (Å²) < 4.78 is 2.59. The first-order valence-corrected chi connectivity index (χ1v) is 12.0. The third kappa shape index (κ3) is 5.81. The van der Waals surface area contributed by atoms with Gasteiger partial charge >= 0.3 is 0 Å². The van der Waals surface area contributed by atoms with Crippen molar-refractivity contribution in [1.82, 2.24) is 9.80 Å². The Balaban J connectivity index is 0.00000150. The molecule has 0 spiro atoms. The van der Waals surface area contributed by atoms with Crippen LogP contribution in [0.4, 0.5) is 0 Å². The summed E-state index contributed by atoms with van der Waals surface area (Å²) in [6.07, 6.45) is 13.0. The van der Waals surface area contributed by atoms with Crippen LogP contribution in [0.2, 0.25) is 0 Å². The fraction of sp³-hybridized carbons (Fsp3) is 1.00. The summed E-state index contributed by atoms with van der Waals surface area (Å²) >= 11 is 0. The second kappa shape index (κ2) is 10.9. The Bertz CT molecular complexity index is 437. The molecule has 4 aliphatic heterocycles. The van der Waals surface area contributed by atoms with Crippen molar-refractivity contribution in [3.05, 3.63) is 0 Å². The summed E-state index contributed by atoms with van der Waals surface area (Å²) in [5.41, 5.74) is 0. The number of fused-ring (bicyclic) bond motifs is 4. The number of nitrogens with zero attached hydrogens (tertiary/aromatic N) is 4. The van der Waals surface area contributed by atoms with E-state index in [0.29, 0.717) is 0 Å². The quantitative estimate of drug-likeness (QED) is 0.173. The number of piperidine rings is 2. The minimum Gasteiger partial charge on any atom is -1.00 e. The summed E-state index contributed by atoms with van der Waals surface area (Å²) in [6.45, 7) is 8.11. The third-order valence-electron chi connectivity index (χ3n) is 9.24. The van der Waals surface area contributed by atoms with Crippen molar-refractivity contribution < 1.29 is 56.9 Å². The van der Waals surface area contributed by atoms with Gasteiger partial charge in [-0.1, -0.05) is 6.42 Å². The molecule has 0 saturated carbocycles. The highest BCUT2D eigenvalue weighted by Crippen LogP contribution is 2.34. The minimum atomic E-state index is 0. The average molecular weight is 632 g/mol. The van der Waals surface area contributed by atoms with E-state index in [4.69, 9.17) is 0 Å². The van der Waals surface area contributed by atoms with E-state index in [1.807, 2.05) is 0 Å². The molecular formula is C23H46I2N4. The van der Waals surface area contributed by atoms with Crippen LogP contribution in [0, 0.1) is 0 Å². The predicted molar refractivity (Wildman–Crippen MR) is 114 cm³/mol. The number of quaternary nitrogens is 2. The molecule has 172 valence electrons. The number of unbranched alkanes of at least 4 members (excludes halogenated alkanes) is 2. The van der Waals surface area contributed by atoms with Crippen molar-refractivity contribution in [1.29, 1.82) is 0 Å². The van der Waals surface area contributed by atoms with Crippen LogP contribution in [-0.4, -0.2) is 110 Å². The zero-order valence-electron chi connectivity index (χ0n) is 19.5. The van der Waals surface area contributed by atoms with E-state index in [2.05, 4.69) is 38.0 Å². The zero-order chi connectivity index (χ0) is 19.1. The van der Waals surface area contributed by atoms with Crippen molar-refractivity contribution in [3.8, 4) is 0 Å². The van der Waals surface area contributed by atoms with Crippen LogP contribution in [0.3, 0.4) is 0 Å². The van der Waals surface area contributed by atoms with Gasteiger partial charge in [-0.15, -0.1) is 0 Å². The molecule has 29 heavy (non-hydrogen) atoms. The fourth-order valence-corrected chi connectivity index (χ4v) is 6.87. The Morgan fingerprint density at radius 3 is 1.17 bits per heavy atom. The number of likely N-dealkylation sites (tertiary alicyclic amines) is 2. The van der Waals surface area contributed by atoms with Crippen LogP contribution >= 0.6 is 0 Å². The lowest BCUT2D eigenvalue weighted by Crippen LogP contribution is -3.00. The number of piperazine rings is 2. The van der Waals surface area contributed by atoms with E-state index in [1.54, 1.807) is 0 Å². The molecule has 0 N–H and O–H groups in total. The lowest BCUT2D eigenvalue weighted by Gasteiger charge is -2.54. The maximum atomic E-state index is 2.81. The van der Waals surface area contributed by atoms with Crippen molar-refractivity contribution in [2.24, 2.45) is 0 Å². The summed E-state index contributed by atoms with van der Waals surface area (Å²) in [5.74, 6) is 0. The third-order valence-corrected chi connectivity index (χ3v) is 9.24. The van der Waals surface area contributed by atoms with Crippen molar-refractivity contribution in [3.63, 3.8) is 0 Å². The lowest BCUT2D eigenvalue weighted by atomic mass is 9.89. The van der Waals surface area contributed by atoms with Crippen molar-refractivity contribution >= 4 is 0 Å². The molecule has 4 aliphatic rings. The molecule has 0 aromatic heterocycles. The molecule has 0 radical (unpaired) electrons. The number of halogens is 2. The van der Waals surface area contributed by atoms with E-state index >= 15 is 0 Å². The number of rotatable bonds is 6. The first-order valence-electron chi connectivity index (χ1n) is 12.0. The molecule has 4 unspecified atom stereocenters. The largest absolute Gasteiger partial charge is 1.00 e. The maximum absolute atomic E-state index is 2.81. The highest BCUT2D eigenvalue weighted by atomic mass is 127. The SMILES string of the molecule is C[N+]1(C)C2CCCC1CN(CCCCCN1CC3CCCC(C1)[N+]3(C)C)C2.[I-].[I-]. The number of hydrogen-bond donors (Lipinski definition) is 0. The molecule has 4 bridgehead atoms. The number of likely N-dealkylation sites (N-methyl/N-ethyl adjacent to an activating group) is 2. The monoisotopic (exact) mass is 632 g/mol. The zero-order valence-corrected chi connectivity index (χ0v) is 23.8. The molecule has 4 atom stereocenters. The standard InChI is InChI=1S/C23H46N4.2HI/c1-26(2)20-10-8-11-21(26)17-24(16-20)14-6-5-7-15-25-18-22-12-9-13-23(19-25)27(22,3)4;;/h20-23H,5-19H2,1-4H3;2*1H/q+2;;/p-2. The first-order chi connectivity index (χ1) is 12.9. The molecule has 0 aromatic carbocycles. The van der Waals surface area contributed by atoms with Gasteiger partial charge in [-0.25, -0.2) is 0 Å². The van der Waals surface area contributed by atoms with Crippen LogP contribution in [0.5, 0.6) is 0 Å². The molecular weight excluding hydrogens is 586 g/mol. The Morgan fingerprint density at radius 1 is 0.552 bits per heavy atom. The molecule has 4 rings (SSSR count). The Labute approximate surface area is 214 Å². The van der Waals surface area contributed by atoms with Crippen molar-refractivity contribution in [2.75, 3.05) is 67.5 Å². The molecule has 4 fully saturated rings. The van der Waals surface area contributed by atoms with E-state index in [0.717, 1.165) is 24.2 Å². The lowest BCUT2D eigenvalue weighted by molar-refractivity contribution is -0.948. The summed E-state index contributed by atoms with van der Waals surface area (Å²) in [4.78, 5) is 5.62. The molecule has 4 saturated heterocycles. The Morgan fingerprint density at radius 2 is 0.862 bits per heavy atom. The van der Waals surface area contributed by atoms with Crippen LogP contribution in [-0.2, 0) is 0 Å². The molecule has 0 aliphatic carbocycles. The normalized spacial score (nSPS) is 36.0. The van der Waals surface area contributed by atoms with Gasteiger partial charge in [-0.3, -0.25) is 9.80 Å². The first kappa shape index (κ1) is 26.6. The second-order valence-electron chi connectivity index (χ2n) is 11.3. The molecule has 6 heteroatoms. The van der Waals surface area contributed by atoms with Gasteiger partial charge in [0.2, 0.25) is 0 Å². The summed E-state index contributed by atoms with van der Waals surface area (Å²) in [6, 6.07) is 3.58. The van der Waals surface area contributed by atoms with Gasteiger partial charge < -0.3 is 56.9 Å². The topological polar surface area (TPSA) is 6.48 Å². The second-order valence-corrected chi connectivity index (χ2v) is 11.3. The van der Waals surface area contributed by atoms with E-state index < -0.39 is 0 Å². The van der Waals surface area contributed by atoms with Gasteiger partial charge in [0.25, 0.3) is 0 Å². The van der Waals surface area contributed by atoms with Gasteiger partial charge in [0.1, 0.15) is 24.2 Å². The summed E-state index contributed by atoms with van der Waals surface area (Å²) in [5, 5.41) is 0. The van der Waals surface area contributed by atoms with Crippen LogP contribution < -0.4 is 48.0 Å². The highest BCUT2D eigenvalue weighted by molar-refractivity contribution is 4.84. The number of hydrogen-bond acceptors (Lipinski definition) is 2. The fourth-order valence-electron chi connectivity index (χ4n) is 6.87. The van der Waals surface area contributed by atoms with E-state index in [1.165, 1.54) is 106 Å². The average Bonchev–Trinajstić information content (AvgIpc) is 2.55. The van der Waals surface area contributed by atoms with E-state index in [9.17, 15) is 0 Å². The van der Waals surface area contributed by atoms with Gasteiger partial charge in [0, 0.05) is 25.7 Å². The molecule has 0 amide bonds. The molecule has 0 aromatic rings. The summed E-state index contributed by atoms with van der Waals surface area (Å²) in [7, 11) is 9.94. The van der Waals surface area contributed by atoms with Gasteiger partial charge in [0.05, 0.1) is 54.4 Å². The van der Waals surface area contributed by atoms with Gasteiger partial charge in [-0.05, 0) is 38.8 Å². The van der Waals surface area contributed by atoms with Crippen LogP contribution in [0.1, 0.15) is 57.8 Å². The smallest absolute Gasteiger partial charge is 0.102 e. The molecule has 4 nitrogen and oxygen atoms in total. The predicted octanol–water partition coefficient (Wildman–Crippen LogP) is -3.21. The maximum Gasteiger partial charge on any atom is 0.102 e. The Hall–Kier alpha value is 1.30. The van der Waals surface area contributed by atoms with E-state index in [-0.39, 0.29) is 48.0 Å². The van der Waals surface area contributed by atoms with Crippen molar-refractivity contribution in [2.45, 2.75) is 82.0 Å².